The van der Waals surface area contributed by atoms with Crippen molar-refractivity contribution in [2.75, 3.05) is 11.9 Å². The minimum absolute atomic E-state index is 0.528. The van der Waals surface area contributed by atoms with Gasteiger partial charge in [0, 0.05) is 12.2 Å². The Morgan fingerprint density at radius 2 is 1.70 bits per heavy atom. The predicted octanol–water partition coefficient (Wildman–Crippen LogP) is 2.63. The lowest BCUT2D eigenvalue weighted by atomic mass is 9.89. The van der Waals surface area contributed by atoms with Crippen LogP contribution in [-0.4, -0.2) is 18.4 Å². The summed E-state index contributed by atoms with van der Waals surface area (Å²) in [4.78, 5) is 23.5. The van der Waals surface area contributed by atoms with Crippen LogP contribution in [0.1, 0.15) is 37.7 Å². The van der Waals surface area contributed by atoms with E-state index in [4.69, 9.17) is 0 Å². The highest BCUT2D eigenvalue weighted by molar-refractivity contribution is 6.39. The van der Waals surface area contributed by atoms with Crippen LogP contribution in [0.4, 0.5) is 5.69 Å². The van der Waals surface area contributed by atoms with Crippen LogP contribution in [-0.2, 0) is 9.59 Å². The van der Waals surface area contributed by atoms with E-state index in [0.29, 0.717) is 18.2 Å². The number of nitrogens with one attached hydrogen (secondary N) is 2. The normalized spacial score (nSPS) is 15.7. The Kier molecular flexibility index (Phi) is 5.16. The second-order valence-corrected chi connectivity index (χ2v) is 5.53. The zero-order valence-electron chi connectivity index (χ0n) is 11.9. The van der Waals surface area contributed by atoms with E-state index in [0.717, 1.165) is 18.4 Å². The Hall–Kier alpha value is -1.84. The highest BCUT2D eigenvalue weighted by atomic mass is 16.2. The molecule has 4 heteroatoms. The number of benzene rings is 1. The second-order valence-electron chi connectivity index (χ2n) is 5.53. The van der Waals surface area contributed by atoms with Crippen molar-refractivity contribution in [3.63, 3.8) is 0 Å². The van der Waals surface area contributed by atoms with E-state index in [-0.39, 0.29) is 0 Å². The van der Waals surface area contributed by atoms with Crippen molar-refractivity contribution in [1.82, 2.24) is 5.32 Å². The average molecular weight is 274 g/mol. The van der Waals surface area contributed by atoms with E-state index in [1.165, 1.54) is 19.3 Å². The summed E-state index contributed by atoms with van der Waals surface area (Å²) >= 11 is 0. The van der Waals surface area contributed by atoms with Gasteiger partial charge in [-0.25, -0.2) is 0 Å². The van der Waals surface area contributed by atoms with Gasteiger partial charge in [0.25, 0.3) is 0 Å². The number of hydrogen-bond donors (Lipinski definition) is 2. The zero-order valence-corrected chi connectivity index (χ0v) is 11.9. The molecule has 1 aromatic carbocycles. The molecule has 1 aromatic rings. The average Bonchev–Trinajstić information content (AvgIpc) is 2.48. The van der Waals surface area contributed by atoms with Gasteiger partial charge in [-0.2, -0.15) is 0 Å². The summed E-state index contributed by atoms with van der Waals surface area (Å²) in [6.45, 7) is 2.59. The molecule has 1 fully saturated rings. The maximum absolute atomic E-state index is 11.7. The van der Waals surface area contributed by atoms with Crippen LogP contribution in [0.2, 0.25) is 0 Å². The number of carbonyl (C=O) groups is 2. The smallest absolute Gasteiger partial charge is 0.313 e. The Labute approximate surface area is 119 Å². The van der Waals surface area contributed by atoms with Crippen molar-refractivity contribution in [1.29, 1.82) is 0 Å². The molecule has 2 amide bonds. The molecule has 0 saturated heterocycles. The largest absolute Gasteiger partial charge is 0.348 e. The summed E-state index contributed by atoms with van der Waals surface area (Å²) in [7, 11) is 0. The van der Waals surface area contributed by atoms with Gasteiger partial charge in [0.15, 0.2) is 0 Å². The highest BCUT2D eigenvalue weighted by Gasteiger charge is 2.17. The summed E-state index contributed by atoms with van der Waals surface area (Å²) in [5.74, 6) is -0.610. The molecule has 2 N–H and O–H groups in total. The van der Waals surface area contributed by atoms with Crippen molar-refractivity contribution in [2.24, 2.45) is 5.92 Å². The standard InChI is InChI=1S/C16H22N2O2/c1-12-7-9-14(10-8-12)18-16(20)15(19)17-11-13-5-3-2-4-6-13/h7-10,13H,2-6,11H2,1H3,(H,17,19)(H,18,20). The highest BCUT2D eigenvalue weighted by Crippen LogP contribution is 2.22. The Morgan fingerprint density at radius 1 is 1.05 bits per heavy atom. The van der Waals surface area contributed by atoms with Crippen molar-refractivity contribution < 1.29 is 9.59 Å². The summed E-state index contributed by atoms with van der Waals surface area (Å²) in [5.41, 5.74) is 1.76. The topological polar surface area (TPSA) is 58.2 Å². The molecule has 0 aliphatic heterocycles. The summed E-state index contributed by atoms with van der Waals surface area (Å²) < 4.78 is 0. The van der Waals surface area contributed by atoms with Crippen LogP contribution in [0.15, 0.2) is 24.3 Å². The van der Waals surface area contributed by atoms with Gasteiger partial charge < -0.3 is 10.6 Å². The van der Waals surface area contributed by atoms with E-state index in [1.807, 2.05) is 19.1 Å². The molecular weight excluding hydrogens is 252 g/mol. The minimum atomic E-state index is -0.593. The molecule has 4 nitrogen and oxygen atoms in total. The van der Waals surface area contributed by atoms with Crippen molar-refractivity contribution in [3.8, 4) is 0 Å². The minimum Gasteiger partial charge on any atom is -0.348 e. The van der Waals surface area contributed by atoms with Gasteiger partial charge in [0.1, 0.15) is 0 Å². The monoisotopic (exact) mass is 274 g/mol. The molecule has 0 atom stereocenters. The molecule has 0 unspecified atom stereocenters. The molecule has 2 rings (SSSR count). The van der Waals surface area contributed by atoms with Crippen LogP contribution in [0.5, 0.6) is 0 Å². The first-order valence-electron chi connectivity index (χ1n) is 7.31. The molecule has 1 aliphatic rings. The van der Waals surface area contributed by atoms with E-state index in [1.54, 1.807) is 12.1 Å². The lowest BCUT2D eigenvalue weighted by Crippen LogP contribution is -2.38. The van der Waals surface area contributed by atoms with Crippen molar-refractivity contribution >= 4 is 17.5 Å². The van der Waals surface area contributed by atoms with E-state index >= 15 is 0 Å². The number of rotatable bonds is 3. The van der Waals surface area contributed by atoms with Crippen LogP contribution >= 0.6 is 0 Å². The third-order valence-electron chi connectivity index (χ3n) is 3.79. The molecule has 1 saturated carbocycles. The van der Waals surface area contributed by atoms with Gasteiger partial charge in [0.05, 0.1) is 0 Å². The fourth-order valence-corrected chi connectivity index (χ4v) is 2.53. The summed E-state index contributed by atoms with van der Waals surface area (Å²) in [5, 5.41) is 5.34. The molecular formula is C16H22N2O2. The first kappa shape index (κ1) is 14.6. The Morgan fingerprint density at radius 3 is 2.35 bits per heavy atom. The van der Waals surface area contributed by atoms with Gasteiger partial charge in [-0.15, -0.1) is 0 Å². The van der Waals surface area contributed by atoms with E-state index in [2.05, 4.69) is 10.6 Å². The fraction of sp³-hybridized carbons (Fsp3) is 0.500. The zero-order chi connectivity index (χ0) is 14.4. The number of amides is 2. The quantitative estimate of drug-likeness (QED) is 0.832. The van der Waals surface area contributed by atoms with Crippen molar-refractivity contribution in [2.45, 2.75) is 39.0 Å². The van der Waals surface area contributed by atoms with Gasteiger partial charge in [-0.3, -0.25) is 9.59 Å². The number of anilines is 1. The fourth-order valence-electron chi connectivity index (χ4n) is 2.53. The lowest BCUT2D eigenvalue weighted by Gasteiger charge is -2.21. The number of hydrogen-bond acceptors (Lipinski definition) is 2. The van der Waals surface area contributed by atoms with Crippen LogP contribution in [0.25, 0.3) is 0 Å². The second kappa shape index (κ2) is 7.08. The maximum Gasteiger partial charge on any atom is 0.313 e. The number of aryl methyl sites for hydroxylation is 1. The van der Waals surface area contributed by atoms with Gasteiger partial charge in [-0.1, -0.05) is 37.0 Å². The van der Waals surface area contributed by atoms with Crippen molar-refractivity contribution in [3.05, 3.63) is 29.8 Å². The maximum atomic E-state index is 11.7. The molecule has 0 radical (unpaired) electrons. The SMILES string of the molecule is Cc1ccc(NC(=O)C(=O)NCC2CCCCC2)cc1. The van der Waals surface area contributed by atoms with Crippen LogP contribution < -0.4 is 10.6 Å². The van der Waals surface area contributed by atoms with E-state index in [9.17, 15) is 9.59 Å². The van der Waals surface area contributed by atoms with Crippen LogP contribution in [0, 0.1) is 12.8 Å². The molecule has 1 aliphatic carbocycles. The molecule has 0 spiro atoms. The molecule has 0 bridgehead atoms. The first-order valence-corrected chi connectivity index (χ1v) is 7.31. The third kappa shape index (κ3) is 4.37. The summed E-state index contributed by atoms with van der Waals surface area (Å²) in [6.07, 6.45) is 6.06. The Bertz CT molecular complexity index is 462. The molecule has 0 heterocycles. The van der Waals surface area contributed by atoms with Gasteiger partial charge >= 0.3 is 11.8 Å². The molecule has 108 valence electrons. The predicted molar refractivity (Wildman–Crippen MR) is 79.4 cm³/mol. The Balaban J connectivity index is 1.76. The van der Waals surface area contributed by atoms with Crippen LogP contribution in [0.3, 0.4) is 0 Å². The van der Waals surface area contributed by atoms with Gasteiger partial charge in [-0.05, 0) is 37.8 Å². The molecule has 0 aromatic heterocycles. The van der Waals surface area contributed by atoms with Gasteiger partial charge in [0.2, 0.25) is 0 Å². The number of carbonyl (C=O) groups excluding carboxylic acids is 2. The first-order chi connectivity index (χ1) is 9.65. The summed E-state index contributed by atoms with van der Waals surface area (Å²) in [6, 6.07) is 7.38. The lowest BCUT2D eigenvalue weighted by molar-refractivity contribution is -0.136. The van der Waals surface area contributed by atoms with E-state index < -0.39 is 11.8 Å². The third-order valence-corrected chi connectivity index (χ3v) is 3.79. The molecule has 20 heavy (non-hydrogen) atoms.